The molecular formula is C17H19N7O2. The molecule has 2 N–H and O–H groups in total. The Kier molecular flexibility index (Phi) is 5.37. The largest absolute Gasteiger partial charge is 0.368 e. The Labute approximate surface area is 149 Å². The highest BCUT2D eigenvalue weighted by Gasteiger charge is 2.05. The van der Waals surface area contributed by atoms with Gasteiger partial charge in [-0.1, -0.05) is 0 Å². The van der Waals surface area contributed by atoms with Gasteiger partial charge in [-0.05, 0) is 19.1 Å². The molecule has 9 heteroatoms. The van der Waals surface area contributed by atoms with Crippen molar-refractivity contribution in [3.8, 4) is 5.82 Å². The van der Waals surface area contributed by atoms with Crippen LogP contribution in [0.4, 0.5) is 5.82 Å². The molecule has 0 unspecified atom stereocenters. The van der Waals surface area contributed by atoms with Crippen LogP contribution in [0.1, 0.15) is 5.69 Å². The van der Waals surface area contributed by atoms with Crippen molar-refractivity contribution in [1.82, 2.24) is 29.4 Å². The third-order valence-electron chi connectivity index (χ3n) is 3.61. The Morgan fingerprint density at radius 1 is 1.12 bits per heavy atom. The first-order valence-corrected chi connectivity index (χ1v) is 8.11. The van der Waals surface area contributed by atoms with Gasteiger partial charge in [-0.25, -0.2) is 15.0 Å². The number of carbonyl (C=O) groups is 1. The summed E-state index contributed by atoms with van der Waals surface area (Å²) in [6, 6.07) is 7.05. The van der Waals surface area contributed by atoms with Crippen molar-refractivity contribution in [3.63, 3.8) is 0 Å². The van der Waals surface area contributed by atoms with Crippen LogP contribution in [0.2, 0.25) is 0 Å². The first-order chi connectivity index (χ1) is 12.6. The van der Waals surface area contributed by atoms with Gasteiger partial charge in [-0.2, -0.15) is 0 Å². The van der Waals surface area contributed by atoms with Crippen LogP contribution in [0.5, 0.6) is 0 Å². The lowest BCUT2D eigenvalue weighted by Gasteiger charge is -2.09. The van der Waals surface area contributed by atoms with Crippen molar-refractivity contribution in [2.24, 2.45) is 0 Å². The number of amides is 1. The molecule has 0 spiro atoms. The summed E-state index contributed by atoms with van der Waals surface area (Å²) in [7, 11) is 0. The Bertz CT molecular complexity index is 934. The van der Waals surface area contributed by atoms with Crippen LogP contribution in [-0.2, 0) is 11.3 Å². The van der Waals surface area contributed by atoms with E-state index in [1.54, 1.807) is 6.92 Å². The second-order valence-corrected chi connectivity index (χ2v) is 5.62. The molecule has 0 fully saturated rings. The fourth-order valence-electron chi connectivity index (χ4n) is 2.31. The third kappa shape index (κ3) is 4.53. The number of hydrogen-bond donors (Lipinski definition) is 2. The van der Waals surface area contributed by atoms with Crippen molar-refractivity contribution in [2.75, 3.05) is 18.4 Å². The number of nitrogens with one attached hydrogen (secondary N) is 2. The van der Waals surface area contributed by atoms with Crippen LogP contribution in [0.25, 0.3) is 5.82 Å². The lowest BCUT2D eigenvalue weighted by Crippen LogP contribution is -2.34. The van der Waals surface area contributed by atoms with Crippen LogP contribution in [0, 0.1) is 6.92 Å². The molecule has 3 rings (SSSR count). The first kappa shape index (κ1) is 17.3. The Morgan fingerprint density at radius 3 is 2.69 bits per heavy atom. The molecular weight excluding hydrogens is 334 g/mol. The second kappa shape index (κ2) is 8.06. The molecule has 0 saturated heterocycles. The van der Waals surface area contributed by atoms with E-state index in [0.717, 1.165) is 5.82 Å². The van der Waals surface area contributed by atoms with Crippen molar-refractivity contribution in [1.29, 1.82) is 0 Å². The van der Waals surface area contributed by atoms with Crippen molar-refractivity contribution in [2.45, 2.75) is 13.5 Å². The zero-order chi connectivity index (χ0) is 18.4. The van der Waals surface area contributed by atoms with Gasteiger partial charge in [-0.3, -0.25) is 14.2 Å². The molecule has 1 amide bonds. The van der Waals surface area contributed by atoms with Gasteiger partial charge in [0, 0.05) is 43.3 Å². The Morgan fingerprint density at radius 2 is 1.92 bits per heavy atom. The summed E-state index contributed by atoms with van der Waals surface area (Å²) < 4.78 is 3.14. The van der Waals surface area contributed by atoms with Gasteiger partial charge in [0.1, 0.15) is 24.5 Å². The van der Waals surface area contributed by atoms with Crippen LogP contribution < -0.4 is 16.2 Å². The lowest BCUT2D eigenvalue weighted by molar-refractivity contribution is -0.121. The van der Waals surface area contributed by atoms with Crippen LogP contribution >= 0.6 is 0 Å². The molecule has 3 aromatic rings. The number of nitrogens with zero attached hydrogens (tertiary/aromatic N) is 5. The van der Waals surface area contributed by atoms with Gasteiger partial charge >= 0.3 is 0 Å². The lowest BCUT2D eigenvalue weighted by atomic mass is 10.4. The minimum Gasteiger partial charge on any atom is -0.368 e. The van der Waals surface area contributed by atoms with Crippen LogP contribution in [0.15, 0.2) is 54.1 Å². The summed E-state index contributed by atoms with van der Waals surface area (Å²) in [4.78, 5) is 36.0. The van der Waals surface area contributed by atoms with E-state index in [0.29, 0.717) is 24.6 Å². The molecule has 0 aliphatic heterocycles. The zero-order valence-electron chi connectivity index (χ0n) is 14.3. The van der Waals surface area contributed by atoms with E-state index < -0.39 is 0 Å². The second-order valence-electron chi connectivity index (χ2n) is 5.62. The molecule has 3 heterocycles. The van der Waals surface area contributed by atoms with Gasteiger partial charge in [0.05, 0.1) is 6.33 Å². The predicted octanol–water partition coefficient (Wildman–Crippen LogP) is 0.361. The van der Waals surface area contributed by atoms with E-state index in [-0.39, 0.29) is 18.0 Å². The summed E-state index contributed by atoms with van der Waals surface area (Å²) in [6.45, 7) is 2.56. The maximum absolute atomic E-state index is 11.9. The van der Waals surface area contributed by atoms with Gasteiger partial charge < -0.3 is 15.2 Å². The predicted molar refractivity (Wildman–Crippen MR) is 96.1 cm³/mol. The highest BCUT2D eigenvalue weighted by Crippen LogP contribution is 2.08. The molecule has 0 aromatic carbocycles. The molecule has 26 heavy (non-hydrogen) atoms. The highest BCUT2D eigenvalue weighted by atomic mass is 16.2. The van der Waals surface area contributed by atoms with E-state index in [1.807, 2.05) is 35.2 Å². The number of aryl methyl sites for hydroxylation is 1. The van der Waals surface area contributed by atoms with Crippen LogP contribution in [0.3, 0.4) is 0 Å². The van der Waals surface area contributed by atoms with E-state index in [2.05, 4.69) is 25.6 Å². The molecule has 0 saturated carbocycles. The smallest absolute Gasteiger partial charge is 0.253 e. The van der Waals surface area contributed by atoms with E-state index in [1.165, 1.54) is 23.3 Å². The SMILES string of the molecule is Cc1cc(=O)n(CC(=O)NCCNc2cc(-n3cccc3)ncn2)cn1. The summed E-state index contributed by atoms with van der Waals surface area (Å²) >= 11 is 0. The quantitative estimate of drug-likeness (QED) is 0.594. The number of hydrogen-bond acceptors (Lipinski definition) is 6. The van der Waals surface area contributed by atoms with E-state index in [9.17, 15) is 9.59 Å². The molecule has 0 bridgehead atoms. The average molecular weight is 353 g/mol. The normalized spacial score (nSPS) is 10.5. The van der Waals surface area contributed by atoms with Gasteiger partial charge in [0.15, 0.2) is 0 Å². The minimum absolute atomic E-state index is 0.0581. The average Bonchev–Trinajstić information content (AvgIpc) is 3.16. The summed E-state index contributed by atoms with van der Waals surface area (Å²) in [5.41, 5.74) is 0.379. The fourth-order valence-corrected chi connectivity index (χ4v) is 2.31. The minimum atomic E-state index is -0.254. The molecule has 0 atom stereocenters. The summed E-state index contributed by atoms with van der Waals surface area (Å²) in [5.74, 6) is 1.16. The van der Waals surface area contributed by atoms with Crippen LogP contribution in [-0.4, -0.2) is 43.1 Å². The third-order valence-corrected chi connectivity index (χ3v) is 3.61. The number of rotatable bonds is 7. The zero-order valence-corrected chi connectivity index (χ0v) is 14.3. The fraction of sp³-hybridized carbons (Fsp3) is 0.235. The number of carbonyl (C=O) groups excluding carboxylic acids is 1. The van der Waals surface area contributed by atoms with Crippen molar-refractivity contribution >= 4 is 11.7 Å². The monoisotopic (exact) mass is 353 g/mol. The molecule has 0 aliphatic rings. The maximum Gasteiger partial charge on any atom is 0.253 e. The summed E-state index contributed by atoms with van der Waals surface area (Å²) in [6.07, 6.45) is 6.65. The van der Waals surface area contributed by atoms with Gasteiger partial charge in [0.25, 0.3) is 5.56 Å². The molecule has 134 valence electrons. The van der Waals surface area contributed by atoms with Crippen molar-refractivity contribution < 1.29 is 4.79 Å². The van der Waals surface area contributed by atoms with Crippen molar-refractivity contribution in [3.05, 3.63) is 65.4 Å². The number of anilines is 1. The van der Waals surface area contributed by atoms with Gasteiger partial charge in [0.2, 0.25) is 5.91 Å². The summed E-state index contributed by atoms with van der Waals surface area (Å²) in [5, 5.41) is 5.87. The molecule has 3 aromatic heterocycles. The first-order valence-electron chi connectivity index (χ1n) is 8.11. The van der Waals surface area contributed by atoms with Gasteiger partial charge in [-0.15, -0.1) is 0 Å². The molecule has 9 nitrogen and oxygen atoms in total. The van der Waals surface area contributed by atoms with E-state index in [4.69, 9.17) is 0 Å². The highest BCUT2D eigenvalue weighted by molar-refractivity contribution is 5.75. The van der Waals surface area contributed by atoms with E-state index >= 15 is 0 Å². The Balaban J connectivity index is 1.46. The number of aromatic nitrogens is 5. The topological polar surface area (TPSA) is 107 Å². The Hall–Kier alpha value is -3.49. The standard InChI is InChI=1S/C17H19N7O2/c1-13-8-17(26)24(12-22-13)10-16(25)19-5-4-18-14-9-15(21-11-20-14)23-6-2-3-7-23/h2-3,6-9,11-12H,4-5,10H2,1H3,(H,19,25)(H,18,20,21). The molecule has 0 radical (unpaired) electrons. The molecule has 0 aliphatic carbocycles. The maximum atomic E-state index is 11.9.